The van der Waals surface area contributed by atoms with Crippen molar-refractivity contribution >= 4 is 17.5 Å². The van der Waals surface area contributed by atoms with E-state index in [9.17, 15) is 9.59 Å². The molecular formula is C17H20N4O3. The third-order valence-electron chi connectivity index (χ3n) is 4.90. The number of pyridine rings is 1. The van der Waals surface area contributed by atoms with Crippen LogP contribution in [-0.4, -0.2) is 69.9 Å². The Bertz CT molecular complexity index is 815. The minimum absolute atomic E-state index is 0.0660. The Balaban J connectivity index is 1.62. The van der Waals surface area contributed by atoms with Crippen LogP contribution in [0.2, 0.25) is 0 Å². The number of aromatic nitrogens is 2. The summed E-state index contributed by atoms with van der Waals surface area (Å²) >= 11 is 0. The SMILES string of the molecule is Cc1cn2cccc(C(=O)N3C[C@@H]4OCCC(=O)N(C)[C@H]4C3)c2n1. The van der Waals surface area contributed by atoms with E-state index in [1.807, 2.05) is 29.8 Å². The summed E-state index contributed by atoms with van der Waals surface area (Å²) in [6.07, 6.45) is 4.07. The van der Waals surface area contributed by atoms with Gasteiger partial charge in [0.05, 0.1) is 36.4 Å². The molecule has 24 heavy (non-hydrogen) atoms. The first kappa shape index (κ1) is 15.1. The molecule has 0 unspecified atom stereocenters. The topological polar surface area (TPSA) is 67.2 Å². The molecule has 2 fully saturated rings. The van der Waals surface area contributed by atoms with Gasteiger partial charge in [0.2, 0.25) is 5.91 Å². The number of rotatable bonds is 1. The van der Waals surface area contributed by atoms with Crippen molar-refractivity contribution in [2.45, 2.75) is 25.5 Å². The Morgan fingerprint density at radius 3 is 3.04 bits per heavy atom. The molecule has 4 heterocycles. The number of nitrogens with zero attached hydrogens (tertiary/aromatic N) is 4. The van der Waals surface area contributed by atoms with Crippen molar-refractivity contribution in [3.05, 3.63) is 35.8 Å². The summed E-state index contributed by atoms with van der Waals surface area (Å²) in [6.45, 7) is 3.32. The molecule has 0 N–H and O–H groups in total. The van der Waals surface area contributed by atoms with Crippen LogP contribution >= 0.6 is 0 Å². The largest absolute Gasteiger partial charge is 0.374 e. The molecule has 2 aliphatic rings. The van der Waals surface area contributed by atoms with Crippen molar-refractivity contribution in [1.82, 2.24) is 19.2 Å². The number of carbonyl (C=O) groups excluding carboxylic acids is 2. The molecule has 2 aromatic heterocycles. The number of imidazole rings is 1. The van der Waals surface area contributed by atoms with Gasteiger partial charge in [-0.25, -0.2) is 4.98 Å². The zero-order valence-electron chi connectivity index (χ0n) is 13.8. The lowest BCUT2D eigenvalue weighted by Crippen LogP contribution is -2.43. The Morgan fingerprint density at radius 1 is 1.38 bits per heavy atom. The first-order valence-corrected chi connectivity index (χ1v) is 8.15. The molecule has 2 aromatic rings. The lowest BCUT2D eigenvalue weighted by atomic mass is 10.2. The molecule has 2 atom stereocenters. The second-order valence-electron chi connectivity index (χ2n) is 6.48. The van der Waals surface area contributed by atoms with Crippen LogP contribution in [0.4, 0.5) is 0 Å². The van der Waals surface area contributed by atoms with Crippen molar-refractivity contribution in [2.24, 2.45) is 0 Å². The number of hydrogen-bond acceptors (Lipinski definition) is 4. The highest BCUT2D eigenvalue weighted by atomic mass is 16.5. The van der Waals surface area contributed by atoms with Crippen LogP contribution in [0.15, 0.2) is 24.5 Å². The van der Waals surface area contributed by atoms with Gasteiger partial charge in [0, 0.05) is 32.5 Å². The van der Waals surface area contributed by atoms with Gasteiger partial charge in [-0.1, -0.05) is 0 Å². The fourth-order valence-electron chi connectivity index (χ4n) is 3.59. The third kappa shape index (κ3) is 2.36. The molecule has 0 saturated carbocycles. The van der Waals surface area contributed by atoms with Crippen LogP contribution in [-0.2, 0) is 9.53 Å². The number of ether oxygens (including phenoxy) is 1. The van der Waals surface area contributed by atoms with Crippen LogP contribution < -0.4 is 0 Å². The second kappa shape index (κ2) is 5.59. The summed E-state index contributed by atoms with van der Waals surface area (Å²) < 4.78 is 7.66. The summed E-state index contributed by atoms with van der Waals surface area (Å²) in [5.41, 5.74) is 2.11. The highest BCUT2D eigenvalue weighted by Crippen LogP contribution is 2.24. The molecule has 0 aromatic carbocycles. The van der Waals surface area contributed by atoms with Gasteiger partial charge in [-0.2, -0.15) is 0 Å². The Kier molecular flexibility index (Phi) is 3.53. The number of fused-ring (bicyclic) bond motifs is 2. The van der Waals surface area contributed by atoms with Crippen molar-refractivity contribution < 1.29 is 14.3 Å². The number of likely N-dealkylation sites (N-methyl/N-ethyl adjacent to an activating group) is 1. The number of aryl methyl sites for hydroxylation is 1. The van der Waals surface area contributed by atoms with Gasteiger partial charge >= 0.3 is 0 Å². The molecule has 2 saturated heterocycles. The minimum Gasteiger partial charge on any atom is -0.374 e. The fraction of sp³-hybridized carbons (Fsp3) is 0.471. The highest BCUT2D eigenvalue weighted by Gasteiger charge is 2.41. The van der Waals surface area contributed by atoms with Crippen molar-refractivity contribution in [3.63, 3.8) is 0 Å². The monoisotopic (exact) mass is 328 g/mol. The quantitative estimate of drug-likeness (QED) is 0.773. The Hall–Kier alpha value is -2.41. The second-order valence-corrected chi connectivity index (χ2v) is 6.48. The van der Waals surface area contributed by atoms with Crippen molar-refractivity contribution in [1.29, 1.82) is 0 Å². The minimum atomic E-state index is -0.119. The highest BCUT2D eigenvalue weighted by molar-refractivity contribution is 6.00. The molecule has 2 amide bonds. The molecule has 2 aliphatic heterocycles. The molecule has 0 spiro atoms. The van der Waals surface area contributed by atoms with E-state index in [-0.39, 0.29) is 24.0 Å². The van der Waals surface area contributed by atoms with Gasteiger partial charge in [-0.3, -0.25) is 9.59 Å². The van der Waals surface area contributed by atoms with E-state index in [4.69, 9.17) is 4.74 Å². The Morgan fingerprint density at radius 2 is 2.21 bits per heavy atom. The molecular weight excluding hydrogens is 308 g/mol. The smallest absolute Gasteiger partial charge is 0.257 e. The molecule has 126 valence electrons. The van der Waals surface area contributed by atoms with Crippen molar-refractivity contribution in [2.75, 3.05) is 26.7 Å². The first-order valence-electron chi connectivity index (χ1n) is 8.15. The molecule has 7 nitrogen and oxygen atoms in total. The lowest BCUT2D eigenvalue weighted by Gasteiger charge is -2.25. The van der Waals surface area contributed by atoms with E-state index in [1.54, 1.807) is 22.9 Å². The Labute approximate surface area is 139 Å². The zero-order chi connectivity index (χ0) is 16.8. The maximum absolute atomic E-state index is 13.0. The zero-order valence-corrected chi connectivity index (χ0v) is 13.8. The fourth-order valence-corrected chi connectivity index (χ4v) is 3.59. The maximum Gasteiger partial charge on any atom is 0.257 e. The first-order chi connectivity index (χ1) is 11.5. The molecule has 7 heteroatoms. The van der Waals surface area contributed by atoms with Gasteiger partial charge in [0.15, 0.2) is 0 Å². The van der Waals surface area contributed by atoms with Crippen LogP contribution in [0.5, 0.6) is 0 Å². The number of likely N-dealkylation sites (tertiary alicyclic amines) is 1. The van der Waals surface area contributed by atoms with E-state index in [1.165, 1.54) is 0 Å². The van der Waals surface area contributed by atoms with Gasteiger partial charge in [0.25, 0.3) is 5.91 Å². The standard InChI is InChI=1S/C17H20N4O3/c1-11-8-20-6-3-4-12(16(20)18-11)17(23)21-9-13-14(10-21)24-7-5-15(22)19(13)2/h3-4,6,8,13-14H,5,7,9-10H2,1-2H3/t13-,14-/m0/s1. The van der Waals surface area contributed by atoms with Crippen LogP contribution in [0.25, 0.3) is 5.65 Å². The van der Waals surface area contributed by atoms with E-state index in [0.29, 0.717) is 37.3 Å². The van der Waals surface area contributed by atoms with Crippen LogP contribution in [0.1, 0.15) is 22.5 Å². The average molecular weight is 328 g/mol. The predicted octanol–water partition coefficient (Wildman–Crippen LogP) is 0.714. The lowest BCUT2D eigenvalue weighted by molar-refractivity contribution is -0.131. The van der Waals surface area contributed by atoms with Crippen molar-refractivity contribution in [3.8, 4) is 0 Å². The molecule has 0 bridgehead atoms. The van der Waals surface area contributed by atoms with Gasteiger partial charge in [0.1, 0.15) is 5.65 Å². The van der Waals surface area contributed by atoms with Crippen LogP contribution in [0.3, 0.4) is 0 Å². The summed E-state index contributed by atoms with van der Waals surface area (Å²) in [5.74, 6) is 0.00602. The maximum atomic E-state index is 13.0. The van der Waals surface area contributed by atoms with E-state index in [0.717, 1.165) is 5.69 Å². The molecule has 4 rings (SSSR count). The predicted molar refractivity (Wildman–Crippen MR) is 86.7 cm³/mol. The van der Waals surface area contributed by atoms with E-state index in [2.05, 4.69) is 4.98 Å². The van der Waals surface area contributed by atoms with Gasteiger partial charge in [-0.15, -0.1) is 0 Å². The van der Waals surface area contributed by atoms with Crippen LogP contribution in [0, 0.1) is 6.92 Å². The summed E-state index contributed by atoms with van der Waals surface area (Å²) in [7, 11) is 1.79. The number of hydrogen-bond donors (Lipinski definition) is 0. The summed E-state index contributed by atoms with van der Waals surface area (Å²) in [6, 6.07) is 3.57. The van der Waals surface area contributed by atoms with E-state index >= 15 is 0 Å². The number of carbonyl (C=O) groups is 2. The summed E-state index contributed by atoms with van der Waals surface area (Å²) in [5, 5.41) is 0. The summed E-state index contributed by atoms with van der Waals surface area (Å²) in [4.78, 5) is 33.0. The molecule has 0 radical (unpaired) electrons. The molecule has 0 aliphatic carbocycles. The van der Waals surface area contributed by atoms with E-state index < -0.39 is 0 Å². The third-order valence-corrected chi connectivity index (χ3v) is 4.90. The normalized spacial score (nSPS) is 24.3. The van der Waals surface area contributed by atoms with Gasteiger partial charge < -0.3 is 18.9 Å². The van der Waals surface area contributed by atoms with Gasteiger partial charge in [-0.05, 0) is 19.1 Å². The average Bonchev–Trinajstić information content (AvgIpc) is 3.12. The number of amides is 2.